The Labute approximate surface area is 113 Å². The molecule has 0 aliphatic carbocycles. The summed E-state index contributed by atoms with van der Waals surface area (Å²) in [6, 6.07) is 5.70. The van der Waals surface area contributed by atoms with Crippen molar-refractivity contribution in [1.29, 1.82) is 0 Å². The molecule has 0 aliphatic rings. The van der Waals surface area contributed by atoms with Crippen molar-refractivity contribution < 1.29 is 4.39 Å². The third-order valence-corrected chi connectivity index (χ3v) is 3.09. The smallest absolute Gasteiger partial charge is 0.126 e. The van der Waals surface area contributed by atoms with Gasteiger partial charge in [-0.2, -0.15) is 0 Å². The Morgan fingerprint density at radius 2 is 2.16 bits per heavy atom. The van der Waals surface area contributed by atoms with E-state index < -0.39 is 0 Å². The van der Waals surface area contributed by atoms with Crippen molar-refractivity contribution in [1.82, 2.24) is 14.9 Å². The Morgan fingerprint density at radius 1 is 1.37 bits per heavy atom. The molecule has 0 saturated carbocycles. The van der Waals surface area contributed by atoms with Gasteiger partial charge in [-0.3, -0.25) is 0 Å². The van der Waals surface area contributed by atoms with E-state index in [-0.39, 0.29) is 5.82 Å². The summed E-state index contributed by atoms with van der Waals surface area (Å²) in [6.45, 7) is 4.95. The molecule has 102 valence electrons. The number of nitrogens with zero attached hydrogens (tertiary/aromatic N) is 2. The highest BCUT2D eigenvalue weighted by atomic mass is 19.1. The Balaban J connectivity index is 2.15. The molecule has 3 nitrogen and oxygen atoms in total. The van der Waals surface area contributed by atoms with E-state index in [1.54, 1.807) is 6.20 Å². The monoisotopic (exact) mass is 261 g/mol. The molecule has 0 bridgehead atoms. The number of aromatic nitrogens is 2. The van der Waals surface area contributed by atoms with Gasteiger partial charge >= 0.3 is 0 Å². The molecule has 0 unspecified atom stereocenters. The summed E-state index contributed by atoms with van der Waals surface area (Å²) in [5, 5.41) is 3.34. The second kappa shape index (κ2) is 5.97. The molecule has 0 radical (unpaired) electrons. The predicted octanol–water partition coefficient (Wildman–Crippen LogP) is 2.65. The topological polar surface area (TPSA) is 29.9 Å². The molecule has 0 amide bonds. The lowest BCUT2D eigenvalue weighted by Crippen LogP contribution is -2.21. The summed E-state index contributed by atoms with van der Waals surface area (Å²) < 4.78 is 15.7. The van der Waals surface area contributed by atoms with Crippen LogP contribution >= 0.6 is 0 Å². The Morgan fingerprint density at radius 3 is 2.79 bits per heavy atom. The van der Waals surface area contributed by atoms with Crippen molar-refractivity contribution in [3.63, 3.8) is 0 Å². The van der Waals surface area contributed by atoms with Crippen molar-refractivity contribution in [2.75, 3.05) is 0 Å². The summed E-state index contributed by atoms with van der Waals surface area (Å²) in [7, 11) is 1.92. The van der Waals surface area contributed by atoms with Crippen LogP contribution in [0.15, 0.2) is 30.6 Å². The predicted molar refractivity (Wildman–Crippen MR) is 74.4 cm³/mol. The third kappa shape index (κ3) is 3.64. The van der Waals surface area contributed by atoms with Crippen molar-refractivity contribution in [3.05, 3.63) is 53.4 Å². The Bertz CT molecular complexity index is 546. The van der Waals surface area contributed by atoms with Crippen LogP contribution in [0.25, 0.3) is 0 Å². The van der Waals surface area contributed by atoms with Gasteiger partial charge in [0.1, 0.15) is 11.6 Å². The molecule has 2 aromatic rings. The molecule has 0 spiro atoms. The zero-order valence-electron chi connectivity index (χ0n) is 11.7. The van der Waals surface area contributed by atoms with Gasteiger partial charge in [-0.1, -0.05) is 26.0 Å². The number of hydrogen-bond donors (Lipinski definition) is 1. The zero-order chi connectivity index (χ0) is 13.8. The van der Waals surface area contributed by atoms with Gasteiger partial charge in [0.15, 0.2) is 0 Å². The molecule has 2 rings (SSSR count). The van der Waals surface area contributed by atoms with Gasteiger partial charge < -0.3 is 9.88 Å². The second-order valence-electron chi connectivity index (χ2n) is 5.09. The number of rotatable bonds is 5. The van der Waals surface area contributed by atoms with Crippen LogP contribution in [0.1, 0.15) is 30.8 Å². The van der Waals surface area contributed by atoms with Crippen LogP contribution in [0, 0.1) is 5.82 Å². The van der Waals surface area contributed by atoms with E-state index in [9.17, 15) is 4.39 Å². The number of imidazole rings is 1. The van der Waals surface area contributed by atoms with Crippen LogP contribution in [0.5, 0.6) is 0 Å². The van der Waals surface area contributed by atoms with E-state index in [0.29, 0.717) is 18.0 Å². The summed E-state index contributed by atoms with van der Waals surface area (Å²) in [4.78, 5) is 4.24. The molecule has 1 N–H and O–H groups in total. The second-order valence-corrected chi connectivity index (χ2v) is 5.09. The minimum atomic E-state index is -0.170. The number of nitrogens with one attached hydrogen (secondary N) is 1. The first-order chi connectivity index (χ1) is 9.06. The number of halogens is 1. The first-order valence-electron chi connectivity index (χ1n) is 6.53. The van der Waals surface area contributed by atoms with Gasteiger partial charge in [-0.05, 0) is 17.2 Å². The highest BCUT2D eigenvalue weighted by Gasteiger charge is 2.08. The summed E-state index contributed by atoms with van der Waals surface area (Å²) >= 11 is 0. The van der Waals surface area contributed by atoms with E-state index in [0.717, 1.165) is 17.9 Å². The lowest BCUT2D eigenvalue weighted by molar-refractivity contribution is 0.583. The largest absolute Gasteiger partial charge is 0.338 e. The maximum Gasteiger partial charge on any atom is 0.126 e. The van der Waals surface area contributed by atoms with E-state index in [4.69, 9.17) is 0 Å². The lowest BCUT2D eigenvalue weighted by Gasteiger charge is -2.10. The minimum absolute atomic E-state index is 0.170. The maximum absolute atomic E-state index is 13.8. The maximum atomic E-state index is 13.8. The molecule has 19 heavy (non-hydrogen) atoms. The summed E-state index contributed by atoms with van der Waals surface area (Å²) in [6.07, 6.45) is 4.12. The number of aryl methyl sites for hydroxylation is 1. The molecule has 0 aliphatic heterocycles. The highest BCUT2D eigenvalue weighted by molar-refractivity contribution is 5.27. The van der Waals surface area contributed by atoms with Gasteiger partial charge in [-0.25, -0.2) is 9.37 Å². The van der Waals surface area contributed by atoms with E-state index in [1.165, 1.54) is 6.07 Å². The van der Waals surface area contributed by atoms with Crippen LogP contribution in [-0.2, 0) is 20.0 Å². The normalized spacial score (nSPS) is 11.2. The fourth-order valence-electron chi connectivity index (χ4n) is 1.93. The average Bonchev–Trinajstić information content (AvgIpc) is 2.76. The van der Waals surface area contributed by atoms with Gasteiger partial charge in [0.2, 0.25) is 0 Å². The molecule has 0 saturated heterocycles. The molecular formula is C15H20FN3. The van der Waals surface area contributed by atoms with Crippen molar-refractivity contribution >= 4 is 0 Å². The Hall–Kier alpha value is -1.68. The van der Waals surface area contributed by atoms with Crippen LogP contribution < -0.4 is 5.32 Å². The van der Waals surface area contributed by atoms with Crippen molar-refractivity contribution in [2.24, 2.45) is 7.05 Å². The first kappa shape index (κ1) is 13.7. The number of benzene rings is 1. The third-order valence-electron chi connectivity index (χ3n) is 3.09. The SMILES string of the molecule is CC(C)NCc1ccc(F)c(Cc2nccn2C)c1. The summed E-state index contributed by atoms with van der Waals surface area (Å²) in [5.41, 5.74) is 1.79. The van der Waals surface area contributed by atoms with Crippen LogP contribution in [-0.4, -0.2) is 15.6 Å². The van der Waals surface area contributed by atoms with Gasteiger partial charge in [0.25, 0.3) is 0 Å². The zero-order valence-corrected chi connectivity index (χ0v) is 11.7. The van der Waals surface area contributed by atoms with Gasteiger partial charge in [0, 0.05) is 38.4 Å². The van der Waals surface area contributed by atoms with Crippen molar-refractivity contribution in [2.45, 2.75) is 32.9 Å². The minimum Gasteiger partial charge on any atom is -0.338 e. The van der Waals surface area contributed by atoms with E-state index in [1.807, 2.05) is 29.9 Å². The quantitative estimate of drug-likeness (QED) is 0.896. The van der Waals surface area contributed by atoms with Gasteiger partial charge in [0.05, 0.1) is 0 Å². The standard InChI is InChI=1S/C15H20FN3/c1-11(2)18-10-12-4-5-14(16)13(8-12)9-15-17-6-7-19(15)3/h4-8,11,18H,9-10H2,1-3H3. The van der Waals surface area contributed by atoms with Crippen molar-refractivity contribution in [3.8, 4) is 0 Å². The lowest BCUT2D eigenvalue weighted by atomic mass is 10.1. The fraction of sp³-hybridized carbons (Fsp3) is 0.400. The number of hydrogen-bond acceptors (Lipinski definition) is 2. The molecular weight excluding hydrogens is 241 g/mol. The molecule has 1 heterocycles. The van der Waals surface area contributed by atoms with Crippen LogP contribution in [0.4, 0.5) is 4.39 Å². The Kier molecular flexibility index (Phi) is 4.32. The van der Waals surface area contributed by atoms with E-state index in [2.05, 4.69) is 24.1 Å². The first-order valence-corrected chi connectivity index (χ1v) is 6.53. The highest BCUT2D eigenvalue weighted by Crippen LogP contribution is 2.14. The summed E-state index contributed by atoms with van der Waals surface area (Å²) in [5.74, 6) is 0.698. The molecule has 0 atom stereocenters. The molecule has 1 aromatic heterocycles. The van der Waals surface area contributed by atoms with Gasteiger partial charge in [-0.15, -0.1) is 0 Å². The fourth-order valence-corrected chi connectivity index (χ4v) is 1.93. The van der Waals surface area contributed by atoms with Crippen LogP contribution in [0.3, 0.4) is 0 Å². The molecule has 1 aromatic carbocycles. The molecule has 0 fully saturated rings. The average molecular weight is 261 g/mol. The van der Waals surface area contributed by atoms with Crippen LogP contribution in [0.2, 0.25) is 0 Å². The van der Waals surface area contributed by atoms with E-state index >= 15 is 0 Å². The molecule has 4 heteroatoms.